The monoisotopic (exact) mass is 312 g/mol. The molecule has 0 aliphatic rings. The van der Waals surface area contributed by atoms with Crippen molar-refractivity contribution in [2.45, 2.75) is 33.1 Å². The number of ether oxygens (including phenoxy) is 1. The minimum atomic E-state index is -0.0583. The summed E-state index contributed by atoms with van der Waals surface area (Å²) in [6.45, 7) is 8.80. The van der Waals surface area contributed by atoms with Crippen molar-refractivity contribution in [1.29, 1.82) is 0 Å². The second kappa shape index (κ2) is 9.10. The number of rotatable bonds is 2. The van der Waals surface area contributed by atoms with Crippen molar-refractivity contribution in [1.82, 2.24) is 0 Å². The summed E-state index contributed by atoms with van der Waals surface area (Å²) in [5.41, 5.74) is 0.862. The molecule has 1 aromatic carbocycles. The van der Waals surface area contributed by atoms with Crippen molar-refractivity contribution < 1.29 is 56.4 Å². The zero-order chi connectivity index (χ0) is 10.8. The predicted molar refractivity (Wildman–Crippen MR) is 58.0 cm³/mol. The van der Waals surface area contributed by atoms with Gasteiger partial charge in [-0.15, -0.1) is 0 Å². The number of phenols is 1. The van der Waals surface area contributed by atoms with E-state index >= 15 is 0 Å². The minimum absolute atomic E-state index is 0. The van der Waals surface area contributed by atoms with Gasteiger partial charge in [0.15, 0.2) is 0 Å². The zero-order valence-corrected chi connectivity index (χ0v) is 13.6. The van der Waals surface area contributed by atoms with E-state index in [1.807, 2.05) is 13.0 Å². The molecule has 0 radical (unpaired) electrons. The topological polar surface area (TPSA) is 29.5 Å². The molecule has 1 aromatic rings. The van der Waals surface area contributed by atoms with E-state index in [0.29, 0.717) is 12.4 Å². The molecule has 17 heavy (non-hydrogen) atoms. The summed E-state index contributed by atoms with van der Waals surface area (Å²) in [4.78, 5) is 0. The van der Waals surface area contributed by atoms with Gasteiger partial charge in [-0.25, -0.2) is 0 Å². The average molecular weight is 313 g/mol. The number of benzene rings is 1. The van der Waals surface area contributed by atoms with Crippen LogP contribution in [0.2, 0.25) is 0 Å². The maximum Gasteiger partial charge on any atom is 2.00 e. The molecule has 96 valence electrons. The predicted octanol–water partition coefficient (Wildman–Crippen LogP) is -2.91. The van der Waals surface area contributed by atoms with Crippen LogP contribution in [0.5, 0.6) is 11.5 Å². The van der Waals surface area contributed by atoms with Crippen LogP contribution in [-0.2, 0) is 27.1 Å². The van der Waals surface area contributed by atoms with Crippen molar-refractivity contribution >= 4 is 0 Å². The standard InChI is InChI=1S/C12H18O2.2ClH.Ti/c1-5-14-9-6-7-11(13)10(8-9)12(2,3)4;;;/h6-8,13H,5H2,1-4H3;2*1H;/q;;;+2/p-2. The van der Waals surface area contributed by atoms with E-state index in [9.17, 15) is 5.11 Å². The first kappa shape index (κ1) is 22.3. The molecule has 0 fully saturated rings. The first-order chi connectivity index (χ1) is 6.45. The van der Waals surface area contributed by atoms with E-state index in [-0.39, 0.29) is 51.9 Å². The maximum atomic E-state index is 9.68. The molecule has 0 saturated carbocycles. The molecule has 0 aliphatic heterocycles. The second-order valence-corrected chi connectivity index (χ2v) is 4.36. The molecular weight excluding hydrogens is 295 g/mol. The van der Waals surface area contributed by atoms with E-state index in [1.54, 1.807) is 12.1 Å². The van der Waals surface area contributed by atoms with E-state index in [2.05, 4.69) is 20.8 Å². The van der Waals surface area contributed by atoms with Crippen LogP contribution >= 0.6 is 0 Å². The third-order valence-electron chi connectivity index (χ3n) is 2.09. The van der Waals surface area contributed by atoms with Crippen LogP contribution in [0.3, 0.4) is 0 Å². The summed E-state index contributed by atoms with van der Waals surface area (Å²) in [7, 11) is 0. The Morgan fingerprint density at radius 3 is 2.12 bits per heavy atom. The average Bonchev–Trinajstić information content (AvgIpc) is 2.07. The Hall–Kier alpha value is 0.114. The first-order valence-electron chi connectivity index (χ1n) is 4.91. The van der Waals surface area contributed by atoms with Gasteiger partial charge in [0.2, 0.25) is 0 Å². The van der Waals surface area contributed by atoms with Gasteiger partial charge in [-0.2, -0.15) is 0 Å². The van der Waals surface area contributed by atoms with E-state index in [4.69, 9.17) is 4.74 Å². The molecule has 0 aromatic heterocycles. The summed E-state index contributed by atoms with van der Waals surface area (Å²) in [5.74, 6) is 1.15. The van der Waals surface area contributed by atoms with Crippen LogP contribution < -0.4 is 29.6 Å². The van der Waals surface area contributed by atoms with Crippen LogP contribution in [0.25, 0.3) is 0 Å². The molecule has 0 saturated heterocycles. The van der Waals surface area contributed by atoms with Crippen LogP contribution in [0.1, 0.15) is 33.3 Å². The molecule has 0 bridgehead atoms. The Labute approximate surface area is 131 Å². The third-order valence-corrected chi connectivity index (χ3v) is 2.09. The summed E-state index contributed by atoms with van der Waals surface area (Å²) in [6, 6.07) is 5.37. The van der Waals surface area contributed by atoms with Crippen LogP contribution in [0.15, 0.2) is 18.2 Å². The molecule has 1 N–H and O–H groups in total. The fraction of sp³-hybridized carbons (Fsp3) is 0.500. The molecule has 0 amide bonds. The number of hydrogen-bond acceptors (Lipinski definition) is 2. The number of hydrogen-bond donors (Lipinski definition) is 1. The quantitative estimate of drug-likeness (QED) is 0.594. The number of aromatic hydroxyl groups is 1. The molecular formula is C12H18Cl2O2Ti. The number of halogens is 2. The molecule has 0 spiro atoms. The van der Waals surface area contributed by atoms with Crippen molar-refractivity contribution in [3.05, 3.63) is 23.8 Å². The van der Waals surface area contributed by atoms with E-state index in [1.165, 1.54) is 0 Å². The van der Waals surface area contributed by atoms with Gasteiger partial charge in [-0.3, -0.25) is 0 Å². The summed E-state index contributed by atoms with van der Waals surface area (Å²) < 4.78 is 5.39. The Balaban J connectivity index is -0.000000653. The molecule has 0 aliphatic carbocycles. The van der Waals surface area contributed by atoms with Gasteiger partial charge in [0.25, 0.3) is 0 Å². The van der Waals surface area contributed by atoms with Crippen molar-refractivity contribution in [2.24, 2.45) is 0 Å². The SMILES string of the molecule is CCOc1ccc(O)c(C(C)(C)C)c1.[Cl-].[Cl-].[Ti+2]. The smallest absolute Gasteiger partial charge is 1.00 e. The van der Waals surface area contributed by atoms with Crippen LogP contribution in [0, 0.1) is 0 Å². The zero-order valence-electron chi connectivity index (χ0n) is 10.6. The fourth-order valence-electron chi connectivity index (χ4n) is 1.37. The summed E-state index contributed by atoms with van der Waals surface area (Å²) >= 11 is 0. The normalized spacial score (nSPS) is 9.41. The van der Waals surface area contributed by atoms with Crippen molar-refractivity contribution in [3.8, 4) is 11.5 Å². The minimum Gasteiger partial charge on any atom is -1.00 e. The van der Waals surface area contributed by atoms with Gasteiger partial charge in [-0.1, -0.05) is 20.8 Å². The Kier molecular flexibility index (Phi) is 11.9. The number of phenolic OH excluding ortho intramolecular Hbond substituents is 1. The third kappa shape index (κ3) is 6.56. The Bertz CT molecular complexity index is 325. The molecule has 5 heteroatoms. The fourth-order valence-corrected chi connectivity index (χ4v) is 1.37. The first-order valence-corrected chi connectivity index (χ1v) is 4.91. The van der Waals surface area contributed by atoms with Gasteiger partial charge in [0.1, 0.15) is 11.5 Å². The Morgan fingerprint density at radius 1 is 1.18 bits per heavy atom. The largest absolute Gasteiger partial charge is 2.00 e. The van der Waals surface area contributed by atoms with Gasteiger partial charge < -0.3 is 34.7 Å². The molecule has 0 unspecified atom stereocenters. The van der Waals surface area contributed by atoms with Crippen molar-refractivity contribution in [3.63, 3.8) is 0 Å². The van der Waals surface area contributed by atoms with Gasteiger partial charge in [-0.05, 0) is 30.5 Å². The molecule has 1 rings (SSSR count). The van der Waals surface area contributed by atoms with Gasteiger partial charge in [0, 0.05) is 5.56 Å². The van der Waals surface area contributed by atoms with Crippen molar-refractivity contribution in [2.75, 3.05) is 6.61 Å². The van der Waals surface area contributed by atoms with Crippen LogP contribution in [0.4, 0.5) is 0 Å². The maximum absolute atomic E-state index is 9.68. The Morgan fingerprint density at radius 2 is 1.71 bits per heavy atom. The molecule has 0 atom stereocenters. The van der Waals surface area contributed by atoms with Crippen LogP contribution in [-0.4, -0.2) is 11.7 Å². The summed E-state index contributed by atoms with van der Waals surface area (Å²) in [6.07, 6.45) is 0. The molecule has 2 nitrogen and oxygen atoms in total. The summed E-state index contributed by atoms with van der Waals surface area (Å²) in [5, 5.41) is 9.68. The van der Waals surface area contributed by atoms with Gasteiger partial charge >= 0.3 is 21.7 Å². The van der Waals surface area contributed by atoms with E-state index < -0.39 is 0 Å². The second-order valence-electron chi connectivity index (χ2n) is 4.36. The molecule has 0 heterocycles. The van der Waals surface area contributed by atoms with E-state index in [0.717, 1.165) is 11.3 Å². The van der Waals surface area contributed by atoms with Gasteiger partial charge in [0.05, 0.1) is 6.61 Å².